The smallest absolute Gasteiger partial charge is 0.416 e. The van der Waals surface area contributed by atoms with Crippen LogP contribution in [0.2, 0.25) is 0 Å². The molecular weight excluding hydrogens is 373 g/mol. The normalized spacial score (nSPS) is 19.9. The number of ether oxygens (including phenoxy) is 1. The molecule has 1 aromatic carbocycles. The fourth-order valence-corrected chi connectivity index (χ4v) is 3.69. The molecule has 150 valence electrons. The number of phenolic OH excluding ortho intramolecular Hbond substituents is 1. The van der Waals surface area contributed by atoms with E-state index in [2.05, 4.69) is 20.8 Å². The van der Waals surface area contributed by atoms with Gasteiger partial charge in [-0.1, -0.05) is 0 Å². The Morgan fingerprint density at radius 1 is 1.21 bits per heavy atom. The fourth-order valence-electron chi connectivity index (χ4n) is 3.69. The lowest BCUT2D eigenvalue weighted by atomic mass is 9.96. The van der Waals surface area contributed by atoms with Crippen LogP contribution in [0.5, 0.6) is 5.75 Å². The van der Waals surface area contributed by atoms with Crippen LogP contribution in [0.1, 0.15) is 29.5 Å². The van der Waals surface area contributed by atoms with E-state index < -0.39 is 17.5 Å². The van der Waals surface area contributed by atoms with Crippen LogP contribution in [-0.2, 0) is 23.9 Å². The van der Waals surface area contributed by atoms with E-state index in [9.17, 15) is 18.3 Å². The number of anilines is 1. The Kier molecular flexibility index (Phi) is 5.11. The van der Waals surface area contributed by atoms with Crippen LogP contribution in [0.4, 0.5) is 19.0 Å². The quantitative estimate of drug-likeness (QED) is 0.743. The van der Waals surface area contributed by atoms with Crippen molar-refractivity contribution in [2.45, 2.75) is 38.1 Å². The Morgan fingerprint density at radius 3 is 2.79 bits per heavy atom. The van der Waals surface area contributed by atoms with E-state index in [4.69, 9.17) is 4.74 Å². The van der Waals surface area contributed by atoms with Gasteiger partial charge < -0.3 is 20.5 Å². The van der Waals surface area contributed by atoms with Crippen LogP contribution in [0.3, 0.4) is 0 Å². The summed E-state index contributed by atoms with van der Waals surface area (Å²) >= 11 is 0. The van der Waals surface area contributed by atoms with Crippen molar-refractivity contribution < 1.29 is 23.0 Å². The number of hydrogen-bond donors (Lipinski definition) is 3. The molecule has 4 rings (SSSR count). The number of alkyl halides is 3. The molecule has 0 spiro atoms. The number of hydrogen-bond acceptors (Lipinski definition) is 6. The van der Waals surface area contributed by atoms with Crippen LogP contribution < -0.4 is 10.6 Å². The Morgan fingerprint density at radius 2 is 2.07 bits per heavy atom. The van der Waals surface area contributed by atoms with Crippen molar-refractivity contribution in [1.29, 1.82) is 0 Å². The number of rotatable bonds is 3. The monoisotopic (exact) mass is 394 g/mol. The highest BCUT2D eigenvalue weighted by Crippen LogP contribution is 2.39. The van der Waals surface area contributed by atoms with Gasteiger partial charge in [0.25, 0.3) is 0 Å². The van der Waals surface area contributed by atoms with Gasteiger partial charge in [0.05, 0.1) is 18.8 Å². The Hall–Kier alpha value is -2.39. The molecule has 0 radical (unpaired) electrons. The summed E-state index contributed by atoms with van der Waals surface area (Å²) in [4.78, 5) is 0. The van der Waals surface area contributed by atoms with Gasteiger partial charge in [-0.15, -0.1) is 10.2 Å². The molecule has 0 unspecified atom stereocenters. The first-order valence-corrected chi connectivity index (χ1v) is 9.27. The standard InChI is InChI=1S/C19H21F3N4O2/c20-19(21,22)11-3-4-14(16(27)8-11)17-13-5-7-28-10-15(13)18(26-25-17)24-12-2-1-6-23-9-12/h3-4,8,12,23,27H,1-2,5-7,9-10H2,(H,24,26)/t12-/m1/s1. The first-order chi connectivity index (χ1) is 13.4. The van der Waals surface area contributed by atoms with Crippen LogP contribution >= 0.6 is 0 Å². The summed E-state index contributed by atoms with van der Waals surface area (Å²) in [7, 11) is 0. The molecule has 9 heteroatoms. The lowest BCUT2D eigenvalue weighted by molar-refractivity contribution is -0.137. The molecule has 0 saturated carbocycles. The molecule has 1 fully saturated rings. The second-order valence-corrected chi connectivity index (χ2v) is 7.07. The highest BCUT2D eigenvalue weighted by Gasteiger charge is 2.32. The average molecular weight is 394 g/mol. The first-order valence-electron chi connectivity index (χ1n) is 9.27. The molecule has 6 nitrogen and oxygen atoms in total. The molecule has 1 aromatic heterocycles. The zero-order valence-corrected chi connectivity index (χ0v) is 15.1. The maximum Gasteiger partial charge on any atom is 0.416 e. The number of phenols is 1. The van der Waals surface area contributed by atoms with Crippen molar-refractivity contribution in [2.24, 2.45) is 0 Å². The number of nitrogens with zero attached hydrogens (tertiary/aromatic N) is 2. The van der Waals surface area contributed by atoms with Gasteiger partial charge in [0.15, 0.2) is 5.82 Å². The highest BCUT2D eigenvalue weighted by atomic mass is 19.4. The largest absolute Gasteiger partial charge is 0.507 e. The van der Waals surface area contributed by atoms with Gasteiger partial charge in [0.1, 0.15) is 11.4 Å². The van der Waals surface area contributed by atoms with Crippen molar-refractivity contribution in [3.05, 3.63) is 34.9 Å². The SMILES string of the molecule is Oc1cc(C(F)(F)F)ccc1-c1nnc(N[C@@H]2CCCNC2)c2c1CCOC2. The van der Waals surface area contributed by atoms with E-state index in [0.29, 0.717) is 31.1 Å². The van der Waals surface area contributed by atoms with E-state index in [1.807, 2.05) is 0 Å². The molecule has 0 amide bonds. The lowest BCUT2D eigenvalue weighted by Gasteiger charge is -2.27. The van der Waals surface area contributed by atoms with Crippen LogP contribution in [-0.4, -0.2) is 41.0 Å². The third-order valence-corrected chi connectivity index (χ3v) is 5.15. The third-order valence-electron chi connectivity index (χ3n) is 5.15. The van der Waals surface area contributed by atoms with E-state index >= 15 is 0 Å². The Balaban J connectivity index is 1.70. The molecule has 2 aliphatic rings. The van der Waals surface area contributed by atoms with Gasteiger partial charge in [-0.25, -0.2) is 0 Å². The van der Waals surface area contributed by atoms with Gasteiger partial charge >= 0.3 is 6.18 Å². The number of benzene rings is 1. The van der Waals surface area contributed by atoms with Crippen molar-refractivity contribution in [3.63, 3.8) is 0 Å². The van der Waals surface area contributed by atoms with E-state index in [1.165, 1.54) is 6.07 Å². The molecule has 28 heavy (non-hydrogen) atoms. The molecule has 1 atom stereocenters. The van der Waals surface area contributed by atoms with Gasteiger partial charge in [-0.05, 0) is 49.6 Å². The molecule has 0 aliphatic carbocycles. The summed E-state index contributed by atoms with van der Waals surface area (Å²) in [5.74, 6) is 0.175. The maximum absolute atomic E-state index is 12.9. The summed E-state index contributed by atoms with van der Waals surface area (Å²) < 4.78 is 44.2. The summed E-state index contributed by atoms with van der Waals surface area (Å²) in [6.07, 6.45) is -1.87. The van der Waals surface area contributed by atoms with E-state index in [1.54, 1.807) is 0 Å². The molecule has 2 aromatic rings. The molecule has 3 N–H and O–H groups in total. The minimum Gasteiger partial charge on any atom is -0.507 e. The minimum absolute atomic E-state index is 0.236. The number of halogens is 3. The zero-order chi connectivity index (χ0) is 19.7. The van der Waals surface area contributed by atoms with Gasteiger partial charge in [0.2, 0.25) is 0 Å². The van der Waals surface area contributed by atoms with Crippen molar-refractivity contribution in [3.8, 4) is 17.0 Å². The summed E-state index contributed by atoms with van der Waals surface area (Å²) in [6, 6.07) is 3.15. The van der Waals surface area contributed by atoms with Gasteiger partial charge in [-0.2, -0.15) is 13.2 Å². The van der Waals surface area contributed by atoms with Gasteiger partial charge in [0, 0.05) is 23.7 Å². The summed E-state index contributed by atoms with van der Waals surface area (Å²) in [5.41, 5.74) is 1.44. The van der Waals surface area contributed by atoms with E-state index in [0.717, 1.165) is 49.2 Å². The fraction of sp³-hybridized carbons (Fsp3) is 0.474. The Labute approximate surface area is 160 Å². The van der Waals surface area contributed by atoms with Crippen LogP contribution in [0.25, 0.3) is 11.3 Å². The lowest BCUT2D eigenvalue weighted by Crippen LogP contribution is -2.39. The summed E-state index contributed by atoms with van der Waals surface area (Å²) in [5, 5.41) is 25.5. The van der Waals surface area contributed by atoms with Crippen molar-refractivity contribution >= 4 is 5.82 Å². The molecule has 3 heterocycles. The number of piperidine rings is 1. The molecule has 2 aliphatic heterocycles. The van der Waals surface area contributed by atoms with Gasteiger partial charge in [-0.3, -0.25) is 0 Å². The second kappa shape index (κ2) is 7.56. The topological polar surface area (TPSA) is 79.3 Å². The number of aromatic nitrogens is 2. The average Bonchev–Trinajstić information content (AvgIpc) is 2.69. The maximum atomic E-state index is 12.9. The minimum atomic E-state index is -4.52. The molecule has 0 bridgehead atoms. The van der Waals surface area contributed by atoms with Crippen LogP contribution in [0.15, 0.2) is 18.2 Å². The predicted molar refractivity (Wildman–Crippen MR) is 97.0 cm³/mol. The highest BCUT2D eigenvalue weighted by molar-refractivity contribution is 5.73. The third kappa shape index (κ3) is 3.77. The number of nitrogens with one attached hydrogen (secondary N) is 2. The van der Waals surface area contributed by atoms with Crippen LogP contribution in [0, 0.1) is 0 Å². The molecular formula is C19H21F3N4O2. The first kappa shape index (κ1) is 18.9. The number of fused-ring (bicyclic) bond motifs is 1. The van der Waals surface area contributed by atoms with Crippen molar-refractivity contribution in [2.75, 3.05) is 25.0 Å². The number of aromatic hydroxyl groups is 1. The summed E-state index contributed by atoms with van der Waals surface area (Å²) in [6.45, 7) is 2.66. The second-order valence-electron chi connectivity index (χ2n) is 7.07. The Bertz CT molecular complexity index is 867. The molecule has 1 saturated heterocycles. The van der Waals surface area contributed by atoms with Crippen molar-refractivity contribution in [1.82, 2.24) is 15.5 Å². The zero-order valence-electron chi connectivity index (χ0n) is 15.1. The van der Waals surface area contributed by atoms with E-state index in [-0.39, 0.29) is 11.6 Å². The predicted octanol–water partition coefficient (Wildman–Crippen LogP) is 3.10.